The molecule has 21 heavy (non-hydrogen) atoms. The largest absolute Gasteiger partial charge is 0.477 e. The van der Waals surface area contributed by atoms with Crippen LogP contribution in [-0.2, 0) is 9.53 Å². The maximum Gasteiger partial charge on any atom is 0.347 e. The molecule has 0 bridgehead atoms. The molecule has 1 aliphatic rings. The van der Waals surface area contributed by atoms with E-state index in [0.717, 1.165) is 30.6 Å². The molecule has 1 saturated carbocycles. The lowest BCUT2D eigenvalue weighted by atomic mass is 10.0. The van der Waals surface area contributed by atoms with Gasteiger partial charge in [-0.2, -0.15) is 0 Å². The maximum absolute atomic E-state index is 12.3. The lowest BCUT2D eigenvalue weighted by molar-refractivity contribution is -0.127. The number of methoxy groups -OCH3 is 1. The summed E-state index contributed by atoms with van der Waals surface area (Å²) >= 11 is 1.12. The number of aromatic nitrogens is 1. The number of nitrogens with one attached hydrogen (secondary N) is 1. The molecule has 1 unspecified atom stereocenters. The van der Waals surface area contributed by atoms with Crippen LogP contribution in [0.1, 0.15) is 52.6 Å². The maximum atomic E-state index is 12.3. The van der Waals surface area contributed by atoms with Crippen LogP contribution in [0, 0.1) is 12.3 Å². The normalized spacial score (nSPS) is 17.3. The van der Waals surface area contributed by atoms with Gasteiger partial charge in [-0.1, -0.05) is 0 Å². The topological polar surface area (TPSA) is 88.5 Å². The van der Waals surface area contributed by atoms with E-state index in [1.807, 2.05) is 6.92 Å². The lowest BCUT2D eigenvalue weighted by Crippen LogP contribution is -2.34. The van der Waals surface area contributed by atoms with Gasteiger partial charge in [-0.15, -0.1) is 11.3 Å². The predicted molar refractivity (Wildman–Crippen MR) is 78.5 cm³/mol. The summed E-state index contributed by atoms with van der Waals surface area (Å²) in [6, 6.07) is -0.283. The summed E-state index contributed by atoms with van der Waals surface area (Å²) < 4.78 is 5.05. The molecule has 1 fully saturated rings. The van der Waals surface area contributed by atoms with Crippen molar-refractivity contribution in [3.63, 3.8) is 0 Å². The minimum absolute atomic E-state index is 0.0109. The van der Waals surface area contributed by atoms with Gasteiger partial charge < -0.3 is 15.2 Å². The van der Waals surface area contributed by atoms with E-state index in [2.05, 4.69) is 10.3 Å². The van der Waals surface area contributed by atoms with Crippen LogP contribution in [0.2, 0.25) is 0 Å². The molecule has 1 heterocycles. The van der Waals surface area contributed by atoms with Crippen LogP contribution in [-0.4, -0.2) is 35.7 Å². The van der Waals surface area contributed by atoms with Crippen molar-refractivity contribution in [2.24, 2.45) is 5.41 Å². The van der Waals surface area contributed by atoms with Gasteiger partial charge in [0.25, 0.3) is 0 Å². The van der Waals surface area contributed by atoms with Crippen LogP contribution in [0.25, 0.3) is 0 Å². The number of aromatic carboxylic acids is 1. The number of ether oxygens (including phenoxy) is 1. The van der Waals surface area contributed by atoms with Crippen LogP contribution < -0.4 is 5.32 Å². The van der Waals surface area contributed by atoms with Crippen molar-refractivity contribution in [1.29, 1.82) is 0 Å². The zero-order valence-electron chi connectivity index (χ0n) is 12.4. The van der Waals surface area contributed by atoms with E-state index in [1.54, 1.807) is 14.0 Å². The Kier molecular flexibility index (Phi) is 4.63. The second kappa shape index (κ2) is 6.11. The fourth-order valence-electron chi connectivity index (χ4n) is 2.25. The number of hydrogen-bond donors (Lipinski definition) is 2. The molecule has 1 aromatic heterocycles. The SMILES string of the molecule is COCCC1(C(=O)NC(C)c2nc(C)c(C(=O)O)s2)CC1. The second-order valence-electron chi connectivity index (χ2n) is 5.49. The first-order chi connectivity index (χ1) is 9.89. The van der Waals surface area contributed by atoms with Crippen LogP contribution in [0.5, 0.6) is 0 Å². The third kappa shape index (κ3) is 3.41. The Morgan fingerprint density at radius 1 is 1.52 bits per heavy atom. The van der Waals surface area contributed by atoms with Crippen LogP contribution >= 0.6 is 11.3 Å². The molecule has 0 radical (unpaired) electrons. The number of carbonyl (C=O) groups excluding carboxylic acids is 1. The first kappa shape index (κ1) is 15.9. The van der Waals surface area contributed by atoms with Crippen molar-refractivity contribution in [1.82, 2.24) is 10.3 Å². The Bertz CT molecular complexity index is 551. The molecule has 0 aromatic carbocycles. The first-order valence-electron chi connectivity index (χ1n) is 6.90. The number of aryl methyl sites for hydroxylation is 1. The van der Waals surface area contributed by atoms with E-state index in [4.69, 9.17) is 9.84 Å². The molecule has 116 valence electrons. The summed E-state index contributed by atoms with van der Waals surface area (Å²) in [6.07, 6.45) is 2.48. The van der Waals surface area contributed by atoms with Gasteiger partial charge in [-0.25, -0.2) is 9.78 Å². The minimum Gasteiger partial charge on any atom is -0.477 e. The predicted octanol–water partition coefficient (Wildman–Crippen LogP) is 2.14. The van der Waals surface area contributed by atoms with Crippen molar-refractivity contribution >= 4 is 23.2 Å². The zero-order valence-corrected chi connectivity index (χ0v) is 13.2. The molecule has 2 N–H and O–H groups in total. The van der Waals surface area contributed by atoms with E-state index in [1.165, 1.54) is 0 Å². The van der Waals surface area contributed by atoms with Gasteiger partial charge in [0.1, 0.15) is 9.88 Å². The van der Waals surface area contributed by atoms with Gasteiger partial charge in [0.15, 0.2) is 0 Å². The lowest BCUT2D eigenvalue weighted by Gasteiger charge is -2.18. The van der Waals surface area contributed by atoms with Crippen LogP contribution in [0.15, 0.2) is 0 Å². The molecular formula is C14H20N2O4S. The number of nitrogens with zero attached hydrogens (tertiary/aromatic N) is 1. The highest BCUT2D eigenvalue weighted by molar-refractivity contribution is 7.13. The molecular weight excluding hydrogens is 292 g/mol. The molecule has 1 aliphatic carbocycles. The number of hydrogen-bond acceptors (Lipinski definition) is 5. The highest BCUT2D eigenvalue weighted by Gasteiger charge is 2.49. The number of amides is 1. The summed E-state index contributed by atoms with van der Waals surface area (Å²) in [5.41, 5.74) is 0.191. The van der Waals surface area contributed by atoms with Crippen molar-refractivity contribution in [2.75, 3.05) is 13.7 Å². The zero-order chi connectivity index (χ0) is 15.6. The van der Waals surface area contributed by atoms with Crippen LogP contribution in [0.3, 0.4) is 0 Å². The smallest absolute Gasteiger partial charge is 0.347 e. The van der Waals surface area contributed by atoms with Gasteiger partial charge in [-0.05, 0) is 33.1 Å². The van der Waals surface area contributed by atoms with E-state index in [0.29, 0.717) is 17.3 Å². The molecule has 0 spiro atoms. The Morgan fingerprint density at radius 3 is 2.67 bits per heavy atom. The highest BCUT2D eigenvalue weighted by Crippen LogP contribution is 2.49. The van der Waals surface area contributed by atoms with Crippen molar-refractivity contribution in [3.05, 3.63) is 15.6 Å². The van der Waals surface area contributed by atoms with Crippen molar-refractivity contribution in [3.8, 4) is 0 Å². The number of thiazole rings is 1. The van der Waals surface area contributed by atoms with Gasteiger partial charge in [0, 0.05) is 13.7 Å². The van der Waals surface area contributed by atoms with Gasteiger partial charge >= 0.3 is 5.97 Å². The quantitative estimate of drug-likeness (QED) is 0.805. The molecule has 1 amide bonds. The Morgan fingerprint density at radius 2 is 2.19 bits per heavy atom. The van der Waals surface area contributed by atoms with Crippen LogP contribution in [0.4, 0.5) is 0 Å². The molecule has 1 atom stereocenters. The van der Waals surface area contributed by atoms with Gasteiger partial charge in [0.2, 0.25) is 5.91 Å². The van der Waals surface area contributed by atoms with E-state index < -0.39 is 5.97 Å². The summed E-state index contributed by atoms with van der Waals surface area (Å²) in [5, 5.41) is 12.6. The van der Waals surface area contributed by atoms with Crippen molar-refractivity contribution < 1.29 is 19.4 Å². The number of rotatable bonds is 7. The number of carboxylic acids is 1. The number of carbonyl (C=O) groups is 2. The standard InChI is InChI=1S/C14H20N2O4S/c1-8-10(12(17)18)21-11(15-8)9(2)16-13(19)14(4-5-14)6-7-20-3/h9H,4-7H2,1-3H3,(H,16,19)(H,17,18). The minimum atomic E-state index is -0.978. The molecule has 0 aliphatic heterocycles. The average Bonchev–Trinajstić information content (AvgIpc) is 3.12. The fraction of sp³-hybridized carbons (Fsp3) is 0.643. The van der Waals surface area contributed by atoms with E-state index in [9.17, 15) is 9.59 Å². The van der Waals surface area contributed by atoms with E-state index in [-0.39, 0.29) is 22.2 Å². The monoisotopic (exact) mass is 312 g/mol. The fourth-order valence-corrected chi connectivity index (χ4v) is 3.16. The highest BCUT2D eigenvalue weighted by atomic mass is 32.1. The second-order valence-corrected chi connectivity index (χ2v) is 6.52. The molecule has 1 aromatic rings. The summed E-state index contributed by atoms with van der Waals surface area (Å²) in [4.78, 5) is 27.8. The molecule has 7 heteroatoms. The average molecular weight is 312 g/mol. The van der Waals surface area contributed by atoms with E-state index >= 15 is 0 Å². The Hall–Kier alpha value is -1.47. The van der Waals surface area contributed by atoms with Gasteiger partial charge in [0.05, 0.1) is 17.2 Å². The Balaban J connectivity index is 2.01. The van der Waals surface area contributed by atoms with Gasteiger partial charge in [-0.3, -0.25) is 4.79 Å². The Labute approximate surface area is 127 Å². The number of carboxylic acid groups (broad SMARTS) is 1. The summed E-state index contributed by atoms with van der Waals surface area (Å²) in [7, 11) is 1.63. The molecule has 6 nitrogen and oxygen atoms in total. The summed E-state index contributed by atoms with van der Waals surface area (Å²) in [6.45, 7) is 4.06. The molecule has 2 rings (SSSR count). The summed E-state index contributed by atoms with van der Waals surface area (Å²) in [5.74, 6) is -0.967. The first-order valence-corrected chi connectivity index (χ1v) is 7.72. The third-order valence-electron chi connectivity index (χ3n) is 3.85. The molecule has 0 saturated heterocycles. The van der Waals surface area contributed by atoms with Crippen molar-refractivity contribution in [2.45, 2.75) is 39.2 Å². The third-order valence-corrected chi connectivity index (χ3v) is 5.17.